The van der Waals surface area contributed by atoms with Crippen molar-refractivity contribution in [2.45, 2.75) is 32.3 Å². The van der Waals surface area contributed by atoms with E-state index >= 15 is 0 Å². The fraction of sp³-hybridized carbons (Fsp3) is 0.727. The van der Waals surface area contributed by atoms with Gasteiger partial charge < -0.3 is 14.2 Å². The number of hydrogen-bond donors (Lipinski definition) is 0. The van der Waals surface area contributed by atoms with Crippen LogP contribution in [0.25, 0.3) is 0 Å². The van der Waals surface area contributed by atoms with Crippen molar-refractivity contribution in [2.24, 2.45) is 0 Å². The van der Waals surface area contributed by atoms with Gasteiger partial charge >= 0.3 is 6.16 Å². The average molecular weight is 214 g/mol. The van der Waals surface area contributed by atoms with Gasteiger partial charge in [0, 0.05) is 6.61 Å². The van der Waals surface area contributed by atoms with Crippen LogP contribution in [-0.4, -0.2) is 32.1 Å². The molecule has 0 bridgehead atoms. The van der Waals surface area contributed by atoms with Gasteiger partial charge in [0.15, 0.2) is 0 Å². The maximum Gasteiger partial charge on any atom is 0.508 e. The molecule has 0 radical (unpaired) electrons. The SMILES string of the molecule is CCOC(=O)OCC/C=C/C1CCCO1. The van der Waals surface area contributed by atoms with Crippen LogP contribution >= 0.6 is 0 Å². The zero-order chi connectivity index (χ0) is 10.9. The molecule has 1 aliphatic heterocycles. The first kappa shape index (κ1) is 12.0. The summed E-state index contributed by atoms with van der Waals surface area (Å²) in [6.07, 6.45) is 6.61. The molecule has 4 heteroatoms. The summed E-state index contributed by atoms with van der Waals surface area (Å²) in [4.78, 5) is 10.8. The largest absolute Gasteiger partial charge is 0.508 e. The Morgan fingerprint density at radius 2 is 2.40 bits per heavy atom. The Bertz CT molecular complexity index is 207. The minimum atomic E-state index is -0.594. The molecule has 0 aliphatic carbocycles. The predicted molar refractivity (Wildman–Crippen MR) is 55.7 cm³/mol. The van der Waals surface area contributed by atoms with Gasteiger partial charge in [0.05, 0.1) is 19.3 Å². The molecule has 0 aromatic carbocycles. The van der Waals surface area contributed by atoms with E-state index in [2.05, 4.69) is 4.74 Å². The highest BCUT2D eigenvalue weighted by atomic mass is 16.7. The van der Waals surface area contributed by atoms with Crippen LogP contribution in [0.4, 0.5) is 4.79 Å². The lowest BCUT2D eigenvalue weighted by Gasteiger charge is -2.03. The summed E-state index contributed by atoms with van der Waals surface area (Å²) in [5, 5.41) is 0. The zero-order valence-corrected chi connectivity index (χ0v) is 9.11. The fourth-order valence-electron chi connectivity index (χ4n) is 1.37. The van der Waals surface area contributed by atoms with Gasteiger partial charge in [0.1, 0.15) is 0 Å². The summed E-state index contributed by atoms with van der Waals surface area (Å²) >= 11 is 0. The third-order valence-corrected chi connectivity index (χ3v) is 2.08. The molecule has 0 spiro atoms. The summed E-state index contributed by atoms with van der Waals surface area (Å²) in [7, 11) is 0. The Morgan fingerprint density at radius 1 is 1.53 bits per heavy atom. The van der Waals surface area contributed by atoms with Crippen molar-refractivity contribution in [2.75, 3.05) is 19.8 Å². The monoisotopic (exact) mass is 214 g/mol. The summed E-state index contributed by atoms with van der Waals surface area (Å²) in [6.45, 7) is 3.32. The Balaban J connectivity index is 1.98. The Kier molecular flexibility index (Phi) is 5.85. The van der Waals surface area contributed by atoms with Crippen molar-refractivity contribution in [1.29, 1.82) is 0 Å². The molecule has 1 aliphatic rings. The van der Waals surface area contributed by atoms with Crippen molar-refractivity contribution in [3.63, 3.8) is 0 Å². The second-order valence-electron chi connectivity index (χ2n) is 3.30. The van der Waals surface area contributed by atoms with Gasteiger partial charge in [0.25, 0.3) is 0 Å². The molecular formula is C11H18O4. The number of rotatable bonds is 5. The van der Waals surface area contributed by atoms with Crippen LogP contribution in [0, 0.1) is 0 Å². The van der Waals surface area contributed by atoms with Gasteiger partial charge in [0.2, 0.25) is 0 Å². The average Bonchev–Trinajstić information content (AvgIpc) is 2.70. The molecule has 1 saturated heterocycles. The van der Waals surface area contributed by atoms with Crippen molar-refractivity contribution in [3.8, 4) is 0 Å². The van der Waals surface area contributed by atoms with Crippen molar-refractivity contribution >= 4 is 6.16 Å². The van der Waals surface area contributed by atoms with E-state index in [1.807, 2.05) is 12.2 Å². The topological polar surface area (TPSA) is 44.8 Å². The van der Waals surface area contributed by atoms with Gasteiger partial charge in [-0.2, -0.15) is 0 Å². The van der Waals surface area contributed by atoms with Crippen LogP contribution in [0.1, 0.15) is 26.2 Å². The molecule has 86 valence electrons. The van der Waals surface area contributed by atoms with Gasteiger partial charge in [-0.3, -0.25) is 0 Å². The van der Waals surface area contributed by atoms with E-state index < -0.39 is 6.16 Å². The van der Waals surface area contributed by atoms with E-state index in [1.165, 1.54) is 0 Å². The molecular weight excluding hydrogens is 196 g/mol. The normalized spacial score (nSPS) is 20.7. The van der Waals surface area contributed by atoms with Gasteiger partial charge in [-0.05, 0) is 26.2 Å². The molecule has 1 atom stereocenters. The lowest BCUT2D eigenvalue weighted by Crippen LogP contribution is -2.07. The minimum Gasteiger partial charge on any atom is -0.435 e. The number of carbonyl (C=O) groups excluding carboxylic acids is 1. The first-order valence-corrected chi connectivity index (χ1v) is 5.40. The molecule has 1 fully saturated rings. The lowest BCUT2D eigenvalue weighted by molar-refractivity contribution is 0.0603. The number of hydrogen-bond acceptors (Lipinski definition) is 4. The van der Waals surface area contributed by atoms with Crippen LogP contribution in [0.15, 0.2) is 12.2 Å². The smallest absolute Gasteiger partial charge is 0.435 e. The number of carbonyl (C=O) groups is 1. The van der Waals surface area contributed by atoms with E-state index in [9.17, 15) is 4.79 Å². The van der Waals surface area contributed by atoms with Gasteiger partial charge in [-0.1, -0.05) is 12.2 Å². The first-order chi connectivity index (χ1) is 7.33. The fourth-order valence-corrected chi connectivity index (χ4v) is 1.37. The molecule has 0 amide bonds. The van der Waals surface area contributed by atoms with E-state index in [4.69, 9.17) is 9.47 Å². The highest BCUT2D eigenvalue weighted by Crippen LogP contribution is 2.12. The standard InChI is InChI=1S/C11H18O4/c1-2-13-11(12)15-8-4-3-6-10-7-5-9-14-10/h3,6,10H,2,4-5,7-9H2,1H3/b6-3+. The molecule has 1 rings (SSSR count). The third-order valence-electron chi connectivity index (χ3n) is 2.08. The first-order valence-electron chi connectivity index (χ1n) is 5.40. The van der Waals surface area contributed by atoms with Crippen LogP contribution in [-0.2, 0) is 14.2 Å². The highest BCUT2D eigenvalue weighted by Gasteiger charge is 2.10. The Labute approximate surface area is 90.2 Å². The van der Waals surface area contributed by atoms with Crippen molar-refractivity contribution < 1.29 is 19.0 Å². The molecule has 1 heterocycles. The molecule has 4 nitrogen and oxygen atoms in total. The van der Waals surface area contributed by atoms with Crippen molar-refractivity contribution in [3.05, 3.63) is 12.2 Å². The van der Waals surface area contributed by atoms with Crippen LogP contribution in [0.3, 0.4) is 0 Å². The Morgan fingerprint density at radius 3 is 3.07 bits per heavy atom. The van der Waals surface area contributed by atoms with Crippen LogP contribution in [0.5, 0.6) is 0 Å². The maximum absolute atomic E-state index is 10.8. The zero-order valence-electron chi connectivity index (χ0n) is 9.11. The molecule has 0 saturated carbocycles. The second kappa shape index (κ2) is 7.29. The second-order valence-corrected chi connectivity index (χ2v) is 3.30. The quantitative estimate of drug-likeness (QED) is 0.400. The van der Waals surface area contributed by atoms with E-state index in [1.54, 1.807) is 6.92 Å². The molecule has 15 heavy (non-hydrogen) atoms. The van der Waals surface area contributed by atoms with Gasteiger partial charge in [-0.15, -0.1) is 0 Å². The van der Waals surface area contributed by atoms with Crippen LogP contribution in [0.2, 0.25) is 0 Å². The molecule has 0 aromatic rings. The highest BCUT2D eigenvalue weighted by molar-refractivity contribution is 5.59. The molecule has 0 aromatic heterocycles. The summed E-state index contributed by atoms with van der Waals surface area (Å²) in [5.74, 6) is 0. The van der Waals surface area contributed by atoms with Crippen LogP contribution < -0.4 is 0 Å². The number of ether oxygens (including phenoxy) is 3. The summed E-state index contributed by atoms with van der Waals surface area (Å²) in [5.41, 5.74) is 0. The van der Waals surface area contributed by atoms with Gasteiger partial charge in [-0.25, -0.2) is 4.79 Å². The van der Waals surface area contributed by atoms with E-state index in [0.717, 1.165) is 19.4 Å². The molecule has 1 unspecified atom stereocenters. The lowest BCUT2D eigenvalue weighted by atomic mass is 10.2. The molecule has 0 N–H and O–H groups in total. The maximum atomic E-state index is 10.8. The minimum absolute atomic E-state index is 0.257. The summed E-state index contributed by atoms with van der Waals surface area (Å²) < 4.78 is 14.8. The van der Waals surface area contributed by atoms with E-state index in [0.29, 0.717) is 19.6 Å². The Hall–Kier alpha value is -1.03. The van der Waals surface area contributed by atoms with Crippen molar-refractivity contribution in [1.82, 2.24) is 0 Å². The summed E-state index contributed by atoms with van der Waals surface area (Å²) in [6, 6.07) is 0. The third kappa shape index (κ3) is 5.42. The predicted octanol–water partition coefficient (Wildman–Crippen LogP) is 2.28. The van der Waals surface area contributed by atoms with E-state index in [-0.39, 0.29) is 6.10 Å².